The van der Waals surface area contributed by atoms with Gasteiger partial charge in [0.2, 0.25) is 5.89 Å². The molecule has 32 heavy (non-hydrogen) atoms. The quantitative estimate of drug-likeness (QED) is 0.333. The Labute approximate surface area is 187 Å². The molecule has 0 aliphatic carbocycles. The number of aromatic nitrogens is 1. The summed E-state index contributed by atoms with van der Waals surface area (Å²) in [6.07, 6.45) is 0.769. The van der Waals surface area contributed by atoms with Crippen LogP contribution >= 0.6 is 0 Å². The maximum atomic E-state index is 11.1. The van der Waals surface area contributed by atoms with Gasteiger partial charge >= 0.3 is 5.97 Å². The van der Waals surface area contributed by atoms with Crippen molar-refractivity contribution in [3.05, 3.63) is 71.6 Å². The van der Waals surface area contributed by atoms with E-state index < -0.39 is 5.97 Å². The number of benzene rings is 2. The predicted octanol–water partition coefficient (Wildman–Crippen LogP) is 5.07. The van der Waals surface area contributed by atoms with Crippen LogP contribution in [0.3, 0.4) is 0 Å². The molecule has 0 atom stereocenters. The lowest BCUT2D eigenvalue weighted by Crippen LogP contribution is -2.12. The molecule has 0 fully saturated rings. The number of carboxylic acids is 1. The van der Waals surface area contributed by atoms with Crippen LogP contribution in [-0.2, 0) is 22.5 Å². The molecule has 0 aliphatic rings. The Morgan fingerprint density at radius 2 is 1.84 bits per heavy atom. The second-order valence-electron chi connectivity index (χ2n) is 7.69. The summed E-state index contributed by atoms with van der Waals surface area (Å²) in [5.41, 5.74) is 3.23. The summed E-state index contributed by atoms with van der Waals surface area (Å²) in [4.78, 5) is 20.9. The van der Waals surface area contributed by atoms with Crippen LogP contribution in [0.4, 0.5) is 0 Å². The van der Waals surface area contributed by atoms with Gasteiger partial charge in [0.05, 0.1) is 24.4 Å². The third-order valence-electron chi connectivity index (χ3n) is 4.60. The molecule has 0 amide bonds. The predicted molar refractivity (Wildman–Crippen MR) is 122 cm³/mol. The van der Waals surface area contributed by atoms with E-state index in [9.17, 15) is 4.79 Å². The zero-order valence-electron chi connectivity index (χ0n) is 18.6. The molecule has 7 nitrogen and oxygen atoms in total. The number of rotatable bonds is 11. The Balaban J connectivity index is 1.54. The molecule has 7 heteroatoms. The molecule has 168 valence electrons. The van der Waals surface area contributed by atoms with Crippen molar-refractivity contribution in [2.24, 2.45) is 5.16 Å². The van der Waals surface area contributed by atoms with Gasteiger partial charge in [-0.15, -0.1) is 0 Å². The molecular weight excluding hydrogens is 408 g/mol. The topological polar surface area (TPSA) is 94.2 Å². The van der Waals surface area contributed by atoms with Crippen LogP contribution in [0.5, 0.6) is 5.75 Å². The van der Waals surface area contributed by atoms with Crippen LogP contribution in [0.1, 0.15) is 37.3 Å². The van der Waals surface area contributed by atoms with Crippen molar-refractivity contribution in [3.8, 4) is 17.2 Å². The van der Waals surface area contributed by atoms with E-state index in [1.165, 1.54) is 0 Å². The zero-order valence-corrected chi connectivity index (χ0v) is 18.6. The molecule has 0 bridgehead atoms. The largest absolute Gasteiger partial charge is 0.493 e. The number of aliphatic carboxylic acids is 1. The molecular formula is C25H28N2O5. The molecule has 2 aromatic carbocycles. The molecule has 1 aromatic heterocycles. The SMILES string of the molecule is Cc1oc(-c2ccccc2)nc1CCOc1ccc(C/C(CC(=O)O)=N/OC(C)C)cc1. The highest BCUT2D eigenvalue weighted by Gasteiger charge is 2.12. The number of ether oxygens (including phenoxy) is 1. The summed E-state index contributed by atoms with van der Waals surface area (Å²) >= 11 is 0. The molecule has 0 unspecified atom stereocenters. The van der Waals surface area contributed by atoms with Crippen LogP contribution < -0.4 is 4.74 Å². The van der Waals surface area contributed by atoms with E-state index in [-0.39, 0.29) is 12.5 Å². The minimum absolute atomic E-state index is 0.105. The number of oxime groups is 1. The molecule has 0 spiro atoms. The van der Waals surface area contributed by atoms with Crippen molar-refractivity contribution >= 4 is 11.7 Å². The molecule has 1 heterocycles. The third-order valence-corrected chi connectivity index (χ3v) is 4.60. The van der Waals surface area contributed by atoms with Crippen LogP contribution in [0, 0.1) is 6.92 Å². The van der Waals surface area contributed by atoms with Crippen molar-refractivity contribution in [1.29, 1.82) is 0 Å². The van der Waals surface area contributed by atoms with Gasteiger partial charge in [-0.05, 0) is 50.6 Å². The van der Waals surface area contributed by atoms with Gasteiger partial charge in [-0.2, -0.15) is 0 Å². The highest BCUT2D eigenvalue weighted by atomic mass is 16.6. The minimum Gasteiger partial charge on any atom is -0.493 e. The molecule has 1 N–H and O–H groups in total. The lowest BCUT2D eigenvalue weighted by molar-refractivity contribution is -0.135. The third kappa shape index (κ3) is 6.97. The summed E-state index contributed by atoms with van der Waals surface area (Å²) in [5.74, 6) is 1.20. The van der Waals surface area contributed by atoms with Crippen LogP contribution in [0.15, 0.2) is 64.2 Å². The van der Waals surface area contributed by atoms with E-state index in [0.717, 1.165) is 28.3 Å². The number of hydrogen-bond acceptors (Lipinski definition) is 6. The van der Waals surface area contributed by atoms with Crippen molar-refractivity contribution in [2.45, 2.75) is 46.1 Å². The summed E-state index contributed by atoms with van der Waals surface area (Å²) in [6, 6.07) is 17.3. The van der Waals surface area contributed by atoms with Crippen molar-refractivity contribution in [2.75, 3.05) is 6.61 Å². The average molecular weight is 437 g/mol. The average Bonchev–Trinajstić information content (AvgIpc) is 3.14. The zero-order chi connectivity index (χ0) is 22.9. The maximum Gasteiger partial charge on any atom is 0.309 e. The van der Waals surface area contributed by atoms with Gasteiger partial charge in [0, 0.05) is 18.4 Å². The highest BCUT2D eigenvalue weighted by Crippen LogP contribution is 2.22. The van der Waals surface area contributed by atoms with Gasteiger partial charge in [-0.1, -0.05) is 35.5 Å². The summed E-state index contributed by atoms with van der Waals surface area (Å²) in [5, 5.41) is 13.1. The first-order valence-electron chi connectivity index (χ1n) is 10.6. The standard InChI is InChI=1S/C25H28N2O5/c1-17(2)32-27-21(16-24(28)29)15-19-9-11-22(12-10-19)30-14-13-23-18(3)31-25(26-23)20-7-5-4-6-8-20/h4-12,17H,13-16H2,1-3H3,(H,28,29)/b27-21-. The highest BCUT2D eigenvalue weighted by molar-refractivity contribution is 5.99. The Morgan fingerprint density at radius 1 is 1.12 bits per heavy atom. The Morgan fingerprint density at radius 3 is 2.50 bits per heavy atom. The van der Waals surface area contributed by atoms with Crippen LogP contribution in [-0.4, -0.2) is 34.5 Å². The first kappa shape index (κ1) is 23.1. The lowest BCUT2D eigenvalue weighted by atomic mass is 10.1. The van der Waals surface area contributed by atoms with Crippen LogP contribution in [0.25, 0.3) is 11.5 Å². The molecule has 3 aromatic rings. The van der Waals surface area contributed by atoms with E-state index >= 15 is 0 Å². The molecule has 0 radical (unpaired) electrons. The van der Waals surface area contributed by atoms with E-state index in [2.05, 4.69) is 10.1 Å². The minimum atomic E-state index is -0.936. The van der Waals surface area contributed by atoms with Gasteiger partial charge in [-0.3, -0.25) is 4.79 Å². The van der Waals surface area contributed by atoms with Gasteiger partial charge < -0.3 is 19.1 Å². The van der Waals surface area contributed by atoms with Crippen LogP contribution in [0.2, 0.25) is 0 Å². The summed E-state index contributed by atoms with van der Waals surface area (Å²) in [6.45, 7) is 6.06. The van der Waals surface area contributed by atoms with Gasteiger partial charge in [0.1, 0.15) is 17.6 Å². The number of aryl methyl sites for hydroxylation is 1. The first-order valence-corrected chi connectivity index (χ1v) is 10.6. The number of oxazole rings is 1. The fourth-order valence-corrected chi connectivity index (χ4v) is 3.05. The van der Waals surface area contributed by atoms with E-state index in [1.807, 2.05) is 75.4 Å². The molecule has 3 rings (SSSR count). The van der Waals surface area contributed by atoms with E-state index in [0.29, 0.717) is 31.1 Å². The lowest BCUT2D eigenvalue weighted by Gasteiger charge is -2.09. The van der Waals surface area contributed by atoms with Crippen molar-refractivity contribution in [3.63, 3.8) is 0 Å². The molecule has 0 saturated carbocycles. The fraction of sp³-hybridized carbons (Fsp3) is 0.320. The Kier molecular flexibility index (Phi) is 8.02. The molecule has 0 aliphatic heterocycles. The van der Waals surface area contributed by atoms with Crippen molar-refractivity contribution in [1.82, 2.24) is 4.98 Å². The van der Waals surface area contributed by atoms with Gasteiger partial charge in [0.25, 0.3) is 0 Å². The fourth-order valence-electron chi connectivity index (χ4n) is 3.05. The number of carbonyl (C=O) groups is 1. The first-order chi connectivity index (χ1) is 15.4. The van der Waals surface area contributed by atoms with E-state index in [1.54, 1.807) is 0 Å². The number of carboxylic acid groups (broad SMARTS) is 1. The maximum absolute atomic E-state index is 11.1. The van der Waals surface area contributed by atoms with Crippen molar-refractivity contribution < 1.29 is 23.9 Å². The second-order valence-corrected chi connectivity index (χ2v) is 7.69. The smallest absolute Gasteiger partial charge is 0.309 e. The second kappa shape index (κ2) is 11.1. The summed E-state index contributed by atoms with van der Waals surface area (Å²) in [7, 11) is 0. The summed E-state index contributed by atoms with van der Waals surface area (Å²) < 4.78 is 11.6. The number of hydrogen-bond donors (Lipinski definition) is 1. The normalized spacial score (nSPS) is 11.6. The monoisotopic (exact) mass is 436 g/mol. The molecule has 0 saturated heterocycles. The Bertz CT molecular complexity index is 1040. The Hall–Kier alpha value is -3.61. The number of nitrogens with zero attached hydrogens (tertiary/aromatic N) is 2. The van der Waals surface area contributed by atoms with Gasteiger partial charge in [-0.25, -0.2) is 4.98 Å². The van der Waals surface area contributed by atoms with E-state index in [4.69, 9.17) is 19.1 Å². The van der Waals surface area contributed by atoms with Gasteiger partial charge in [0.15, 0.2) is 0 Å².